The summed E-state index contributed by atoms with van der Waals surface area (Å²) in [5.74, 6) is -0.421. The minimum Gasteiger partial charge on any atom is -0.375 e. The van der Waals surface area contributed by atoms with Crippen molar-refractivity contribution in [3.63, 3.8) is 0 Å². The Labute approximate surface area is 109 Å². The molecule has 1 amide bonds. The van der Waals surface area contributed by atoms with Crippen molar-refractivity contribution in [3.8, 4) is 0 Å². The van der Waals surface area contributed by atoms with Crippen LogP contribution in [-0.4, -0.2) is 18.0 Å². The second-order valence-corrected chi connectivity index (χ2v) is 5.63. The Morgan fingerprint density at radius 2 is 2.06 bits per heavy atom. The zero-order chi connectivity index (χ0) is 13.1. The highest BCUT2D eigenvalue weighted by atomic mass is 79.9. The monoisotopic (exact) mass is 302 g/mol. The Kier molecular flexibility index (Phi) is 4.51. The van der Waals surface area contributed by atoms with Gasteiger partial charge in [0, 0.05) is 15.7 Å². The van der Waals surface area contributed by atoms with Crippen molar-refractivity contribution in [1.82, 2.24) is 5.32 Å². The van der Waals surface area contributed by atoms with Gasteiger partial charge in [0.05, 0.1) is 6.54 Å². The van der Waals surface area contributed by atoms with Gasteiger partial charge < -0.3 is 10.6 Å². The molecule has 0 radical (unpaired) electrons. The smallest absolute Gasteiger partial charge is 0.239 e. The highest BCUT2D eigenvalue weighted by molar-refractivity contribution is 9.10. The van der Waals surface area contributed by atoms with E-state index in [2.05, 4.69) is 26.6 Å². The number of hydrogen-bond acceptors (Lipinski definition) is 2. The van der Waals surface area contributed by atoms with Crippen LogP contribution in [0.5, 0.6) is 0 Å². The number of hydrogen-bond donors (Lipinski definition) is 2. The fourth-order valence-electron chi connectivity index (χ4n) is 1.27. The van der Waals surface area contributed by atoms with Gasteiger partial charge in [-0.25, -0.2) is 4.39 Å². The van der Waals surface area contributed by atoms with Crippen molar-refractivity contribution in [2.24, 2.45) is 0 Å². The molecule has 3 nitrogen and oxygen atoms in total. The van der Waals surface area contributed by atoms with Gasteiger partial charge >= 0.3 is 0 Å². The molecule has 17 heavy (non-hydrogen) atoms. The second kappa shape index (κ2) is 5.49. The molecule has 94 valence electrons. The van der Waals surface area contributed by atoms with Gasteiger partial charge in [0.1, 0.15) is 5.82 Å². The summed E-state index contributed by atoms with van der Waals surface area (Å²) >= 11 is 3.22. The molecule has 1 aromatic carbocycles. The lowest BCUT2D eigenvalue weighted by Crippen LogP contribution is -2.43. The van der Waals surface area contributed by atoms with Crippen LogP contribution in [0.3, 0.4) is 0 Å². The number of amides is 1. The van der Waals surface area contributed by atoms with E-state index in [1.165, 1.54) is 12.1 Å². The van der Waals surface area contributed by atoms with E-state index in [0.717, 1.165) is 0 Å². The lowest BCUT2D eigenvalue weighted by Gasteiger charge is -2.20. The van der Waals surface area contributed by atoms with Crippen LogP contribution in [0.4, 0.5) is 10.1 Å². The molecule has 0 heterocycles. The zero-order valence-corrected chi connectivity index (χ0v) is 11.7. The lowest BCUT2D eigenvalue weighted by atomic mass is 10.1. The molecule has 0 aliphatic heterocycles. The topological polar surface area (TPSA) is 41.1 Å². The summed E-state index contributed by atoms with van der Waals surface area (Å²) in [5.41, 5.74) is 0.439. The predicted octanol–water partition coefficient (Wildman–Crippen LogP) is 2.91. The molecule has 0 aliphatic rings. The first-order chi connectivity index (χ1) is 7.78. The summed E-state index contributed by atoms with van der Waals surface area (Å²) in [6.45, 7) is 5.90. The van der Waals surface area contributed by atoms with Crippen molar-refractivity contribution in [2.75, 3.05) is 11.9 Å². The van der Waals surface area contributed by atoms with Crippen LogP contribution in [0.1, 0.15) is 20.8 Å². The van der Waals surface area contributed by atoms with Crippen LogP contribution in [0, 0.1) is 5.82 Å². The quantitative estimate of drug-likeness (QED) is 0.901. The third-order valence-corrected chi connectivity index (χ3v) is 2.54. The summed E-state index contributed by atoms with van der Waals surface area (Å²) in [4.78, 5) is 11.5. The Hall–Kier alpha value is -1.10. The first-order valence-corrected chi connectivity index (χ1v) is 6.07. The summed E-state index contributed by atoms with van der Waals surface area (Å²) in [6, 6.07) is 4.28. The fourth-order valence-corrected chi connectivity index (χ4v) is 1.76. The molecular formula is C12H16BrFN2O. The van der Waals surface area contributed by atoms with Gasteiger partial charge in [-0.15, -0.1) is 0 Å². The number of carbonyl (C=O) groups excluding carboxylic acids is 1. The molecule has 0 spiro atoms. The normalized spacial score (nSPS) is 11.1. The van der Waals surface area contributed by atoms with E-state index in [9.17, 15) is 9.18 Å². The number of benzene rings is 1. The summed E-state index contributed by atoms with van der Waals surface area (Å²) < 4.78 is 13.4. The summed E-state index contributed by atoms with van der Waals surface area (Å²) in [7, 11) is 0. The van der Waals surface area contributed by atoms with E-state index < -0.39 is 0 Å². The number of halogens is 2. The minimum absolute atomic E-state index is 0.103. The van der Waals surface area contributed by atoms with Crippen molar-refractivity contribution in [3.05, 3.63) is 28.5 Å². The van der Waals surface area contributed by atoms with Gasteiger partial charge in [0.15, 0.2) is 0 Å². The second-order valence-electron chi connectivity index (χ2n) is 4.78. The maximum Gasteiger partial charge on any atom is 0.239 e. The van der Waals surface area contributed by atoms with Gasteiger partial charge in [0.2, 0.25) is 5.91 Å². The molecular weight excluding hydrogens is 287 g/mol. The first-order valence-electron chi connectivity index (χ1n) is 5.28. The average Bonchev–Trinajstić information content (AvgIpc) is 2.13. The maximum atomic E-state index is 12.8. The van der Waals surface area contributed by atoms with Gasteiger partial charge in [-0.2, -0.15) is 0 Å². The standard InChI is InChI=1S/C12H16BrFN2O/c1-12(2,3)16-11(17)7-15-10-5-4-8(14)6-9(10)13/h4-6,15H,7H2,1-3H3,(H,16,17). The van der Waals surface area contributed by atoms with Crippen molar-refractivity contribution in [1.29, 1.82) is 0 Å². The Morgan fingerprint density at radius 1 is 1.41 bits per heavy atom. The zero-order valence-electron chi connectivity index (χ0n) is 10.1. The summed E-state index contributed by atoms with van der Waals surface area (Å²) in [6.07, 6.45) is 0. The molecule has 0 fully saturated rings. The molecule has 0 bridgehead atoms. The van der Waals surface area contributed by atoms with Crippen LogP contribution < -0.4 is 10.6 Å². The van der Waals surface area contributed by atoms with Crippen molar-refractivity contribution < 1.29 is 9.18 Å². The first kappa shape index (κ1) is 14.0. The predicted molar refractivity (Wildman–Crippen MR) is 70.5 cm³/mol. The third-order valence-electron chi connectivity index (χ3n) is 1.88. The minimum atomic E-state index is -0.318. The Balaban J connectivity index is 2.53. The van der Waals surface area contributed by atoms with Crippen molar-refractivity contribution >= 4 is 27.5 Å². The largest absolute Gasteiger partial charge is 0.375 e. The molecule has 0 saturated carbocycles. The van der Waals surface area contributed by atoms with E-state index in [4.69, 9.17) is 0 Å². The summed E-state index contributed by atoms with van der Waals surface area (Å²) in [5, 5.41) is 5.77. The van der Waals surface area contributed by atoms with E-state index in [-0.39, 0.29) is 23.8 Å². The Bertz CT molecular complexity index is 415. The van der Waals surface area contributed by atoms with Crippen LogP contribution in [-0.2, 0) is 4.79 Å². The molecule has 1 aromatic rings. The molecule has 1 rings (SSSR count). The van der Waals surface area contributed by atoms with Gasteiger partial charge in [-0.1, -0.05) is 0 Å². The van der Waals surface area contributed by atoms with Crippen molar-refractivity contribution in [2.45, 2.75) is 26.3 Å². The molecule has 2 N–H and O–H groups in total. The fraction of sp³-hybridized carbons (Fsp3) is 0.417. The molecule has 0 aromatic heterocycles. The third kappa shape index (κ3) is 5.17. The van der Waals surface area contributed by atoms with Crippen LogP contribution in [0.25, 0.3) is 0 Å². The van der Waals surface area contributed by atoms with E-state index in [1.807, 2.05) is 20.8 Å². The van der Waals surface area contributed by atoms with E-state index in [1.54, 1.807) is 6.07 Å². The van der Waals surface area contributed by atoms with Gasteiger partial charge in [-0.3, -0.25) is 4.79 Å². The maximum absolute atomic E-state index is 12.8. The number of carbonyl (C=O) groups is 1. The molecule has 0 unspecified atom stereocenters. The molecule has 0 atom stereocenters. The average molecular weight is 303 g/mol. The van der Waals surface area contributed by atoms with Gasteiger partial charge in [-0.05, 0) is 54.9 Å². The SMILES string of the molecule is CC(C)(C)NC(=O)CNc1ccc(F)cc1Br. The van der Waals surface area contributed by atoms with Crippen LogP contribution in [0.15, 0.2) is 22.7 Å². The Morgan fingerprint density at radius 3 is 2.59 bits per heavy atom. The number of nitrogens with one attached hydrogen (secondary N) is 2. The highest BCUT2D eigenvalue weighted by Crippen LogP contribution is 2.22. The van der Waals surface area contributed by atoms with Gasteiger partial charge in [0.25, 0.3) is 0 Å². The number of anilines is 1. The van der Waals surface area contributed by atoms with Crippen LogP contribution in [0.2, 0.25) is 0 Å². The van der Waals surface area contributed by atoms with E-state index in [0.29, 0.717) is 10.2 Å². The van der Waals surface area contributed by atoms with E-state index >= 15 is 0 Å². The molecule has 5 heteroatoms. The number of rotatable bonds is 3. The highest BCUT2D eigenvalue weighted by Gasteiger charge is 2.13. The van der Waals surface area contributed by atoms with Crippen LogP contribution >= 0.6 is 15.9 Å². The lowest BCUT2D eigenvalue weighted by molar-refractivity contribution is -0.120. The molecule has 0 saturated heterocycles. The molecule has 0 aliphatic carbocycles.